The molecule has 150 valence electrons. The second kappa shape index (κ2) is 7.68. The molecule has 1 N–H and O–H groups in total. The molecular weight excluding hydrogens is 391 g/mol. The van der Waals surface area contributed by atoms with Crippen LogP contribution in [-0.4, -0.2) is 52.6 Å². The van der Waals surface area contributed by atoms with Crippen LogP contribution >= 0.6 is 11.3 Å². The number of nitrogens with one attached hydrogen (secondary N) is 1. The second-order valence-corrected chi connectivity index (χ2v) is 8.34. The SMILES string of the molecule is O=C1OCCC1N1CCC(Nc2ncnc3scc(-c4ccc(F)cc4)c23)CC1. The van der Waals surface area contributed by atoms with Crippen LogP contribution in [0.15, 0.2) is 36.0 Å². The van der Waals surface area contributed by atoms with E-state index in [0.717, 1.165) is 59.5 Å². The fraction of sp³-hybridized carbons (Fsp3) is 0.381. The summed E-state index contributed by atoms with van der Waals surface area (Å²) < 4.78 is 18.4. The number of anilines is 1. The van der Waals surface area contributed by atoms with Gasteiger partial charge in [0.1, 0.15) is 28.8 Å². The van der Waals surface area contributed by atoms with Crippen molar-refractivity contribution in [1.29, 1.82) is 0 Å². The topological polar surface area (TPSA) is 67.3 Å². The van der Waals surface area contributed by atoms with Gasteiger partial charge in [0.25, 0.3) is 0 Å². The number of cyclic esters (lactones) is 1. The Hall–Kier alpha value is -2.58. The summed E-state index contributed by atoms with van der Waals surface area (Å²) in [6.45, 7) is 2.26. The van der Waals surface area contributed by atoms with Crippen LogP contribution in [0.1, 0.15) is 19.3 Å². The molecule has 2 aliphatic heterocycles. The maximum absolute atomic E-state index is 13.3. The lowest BCUT2D eigenvalue weighted by Gasteiger charge is -2.34. The van der Waals surface area contributed by atoms with Crippen molar-refractivity contribution in [3.63, 3.8) is 0 Å². The lowest BCUT2D eigenvalue weighted by Crippen LogP contribution is -2.46. The molecule has 3 aromatic rings. The van der Waals surface area contributed by atoms with Gasteiger partial charge in [-0.2, -0.15) is 0 Å². The van der Waals surface area contributed by atoms with E-state index in [1.807, 2.05) is 5.38 Å². The Labute approximate surface area is 171 Å². The summed E-state index contributed by atoms with van der Waals surface area (Å²) in [4.78, 5) is 23.9. The first-order valence-electron chi connectivity index (χ1n) is 9.84. The summed E-state index contributed by atoms with van der Waals surface area (Å²) in [5.74, 6) is 0.478. The molecule has 0 bridgehead atoms. The van der Waals surface area contributed by atoms with Crippen LogP contribution in [0.2, 0.25) is 0 Å². The fourth-order valence-electron chi connectivity index (χ4n) is 4.19. The third-order valence-corrected chi connectivity index (χ3v) is 6.63. The van der Waals surface area contributed by atoms with Gasteiger partial charge in [-0.15, -0.1) is 11.3 Å². The largest absolute Gasteiger partial charge is 0.464 e. The Morgan fingerprint density at radius 2 is 1.93 bits per heavy atom. The van der Waals surface area contributed by atoms with Gasteiger partial charge in [-0.1, -0.05) is 12.1 Å². The van der Waals surface area contributed by atoms with E-state index in [-0.39, 0.29) is 23.9 Å². The molecule has 4 heterocycles. The average Bonchev–Trinajstić information content (AvgIpc) is 3.36. The maximum atomic E-state index is 13.3. The normalized spacial score (nSPS) is 20.9. The number of nitrogens with zero attached hydrogens (tertiary/aromatic N) is 3. The van der Waals surface area contributed by atoms with Gasteiger partial charge in [0.05, 0.1) is 12.0 Å². The monoisotopic (exact) mass is 412 g/mol. The van der Waals surface area contributed by atoms with Crippen molar-refractivity contribution in [3.05, 3.63) is 41.8 Å². The van der Waals surface area contributed by atoms with E-state index in [1.54, 1.807) is 29.8 Å². The molecular formula is C21H21FN4O2S. The van der Waals surface area contributed by atoms with Crippen LogP contribution in [-0.2, 0) is 9.53 Å². The average molecular weight is 412 g/mol. The van der Waals surface area contributed by atoms with E-state index in [1.165, 1.54) is 12.1 Å². The van der Waals surface area contributed by atoms with E-state index in [2.05, 4.69) is 20.2 Å². The fourth-order valence-corrected chi connectivity index (χ4v) is 5.11. The molecule has 2 aromatic heterocycles. The number of piperidine rings is 1. The number of likely N-dealkylation sites (tertiary alicyclic amines) is 1. The zero-order chi connectivity index (χ0) is 19.8. The molecule has 2 saturated heterocycles. The Morgan fingerprint density at radius 3 is 2.66 bits per heavy atom. The first kappa shape index (κ1) is 18.4. The highest BCUT2D eigenvalue weighted by Crippen LogP contribution is 2.37. The summed E-state index contributed by atoms with van der Waals surface area (Å²) in [5.41, 5.74) is 1.96. The van der Waals surface area contributed by atoms with Gasteiger partial charge in [-0.05, 0) is 30.5 Å². The molecule has 1 atom stereocenters. The van der Waals surface area contributed by atoms with E-state index >= 15 is 0 Å². The van der Waals surface area contributed by atoms with E-state index in [4.69, 9.17) is 4.74 Å². The van der Waals surface area contributed by atoms with Crippen LogP contribution in [0, 0.1) is 5.82 Å². The van der Waals surface area contributed by atoms with Crippen LogP contribution < -0.4 is 5.32 Å². The highest BCUT2D eigenvalue weighted by atomic mass is 32.1. The molecule has 1 aromatic carbocycles. The number of benzene rings is 1. The highest BCUT2D eigenvalue weighted by molar-refractivity contribution is 7.17. The van der Waals surface area contributed by atoms with Crippen molar-refractivity contribution < 1.29 is 13.9 Å². The first-order valence-corrected chi connectivity index (χ1v) is 10.7. The van der Waals surface area contributed by atoms with Gasteiger partial charge in [-0.25, -0.2) is 14.4 Å². The minimum Gasteiger partial charge on any atom is -0.464 e. The van der Waals surface area contributed by atoms with E-state index in [0.29, 0.717) is 6.61 Å². The number of thiophene rings is 1. The summed E-state index contributed by atoms with van der Waals surface area (Å²) >= 11 is 1.56. The zero-order valence-electron chi connectivity index (χ0n) is 15.8. The number of aromatic nitrogens is 2. The predicted molar refractivity (Wildman–Crippen MR) is 110 cm³/mol. The number of ether oxygens (including phenoxy) is 1. The number of carbonyl (C=O) groups is 1. The van der Waals surface area contributed by atoms with Crippen LogP contribution in [0.4, 0.5) is 10.2 Å². The van der Waals surface area contributed by atoms with Crippen molar-refractivity contribution >= 4 is 33.3 Å². The highest BCUT2D eigenvalue weighted by Gasteiger charge is 2.34. The smallest absolute Gasteiger partial charge is 0.323 e. The number of hydrogen-bond acceptors (Lipinski definition) is 7. The number of fused-ring (bicyclic) bond motifs is 1. The number of rotatable bonds is 4. The van der Waals surface area contributed by atoms with Gasteiger partial charge < -0.3 is 10.1 Å². The predicted octanol–water partition coefficient (Wildman–Crippen LogP) is 3.69. The Kier molecular flexibility index (Phi) is 4.89. The summed E-state index contributed by atoms with van der Waals surface area (Å²) in [6.07, 6.45) is 4.25. The van der Waals surface area contributed by atoms with Crippen LogP contribution in [0.5, 0.6) is 0 Å². The van der Waals surface area contributed by atoms with Gasteiger partial charge in [0.2, 0.25) is 0 Å². The molecule has 0 amide bonds. The molecule has 0 spiro atoms. The van der Waals surface area contributed by atoms with Gasteiger partial charge in [0.15, 0.2) is 0 Å². The van der Waals surface area contributed by atoms with Crippen molar-refractivity contribution in [2.75, 3.05) is 25.0 Å². The minimum absolute atomic E-state index is 0.0799. The van der Waals surface area contributed by atoms with Gasteiger partial charge >= 0.3 is 5.97 Å². The van der Waals surface area contributed by atoms with Crippen LogP contribution in [0.25, 0.3) is 21.3 Å². The molecule has 2 fully saturated rings. The Balaban J connectivity index is 1.35. The number of halogens is 1. The molecule has 1 unspecified atom stereocenters. The van der Waals surface area contributed by atoms with Crippen molar-refractivity contribution in [2.24, 2.45) is 0 Å². The molecule has 0 radical (unpaired) electrons. The number of hydrogen-bond donors (Lipinski definition) is 1. The zero-order valence-corrected chi connectivity index (χ0v) is 16.6. The lowest BCUT2D eigenvalue weighted by molar-refractivity contribution is -0.142. The lowest BCUT2D eigenvalue weighted by atomic mass is 10.0. The first-order chi connectivity index (χ1) is 14.2. The molecule has 0 aliphatic carbocycles. The molecule has 8 heteroatoms. The van der Waals surface area contributed by atoms with Gasteiger partial charge in [-0.3, -0.25) is 9.69 Å². The van der Waals surface area contributed by atoms with E-state index in [9.17, 15) is 9.18 Å². The minimum atomic E-state index is -0.249. The van der Waals surface area contributed by atoms with Gasteiger partial charge in [0, 0.05) is 36.5 Å². The Morgan fingerprint density at radius 1 is 1.14 bits per heavy atom. The Bertz CT molecular complexity index is 1030. The molecule has 0 saturated carbocycles. The third kappa shape index (κ3) is 3.58. The number of carbonyl (C=O) groups excluding carboxylic acids is 1. The molecule has 29 heavy (non-hydrogen) atoms. The summed E-state index contributed by atoms with van der Waals surface area (Å²) in [6, 6.07) is 6.71. The summed E-state index contributed by atoms with van der Waals surface area (Å²) in [7, 11) is 0. The maximum Gasteiger partial charge on any atom is 0.323 e. The van der Waals surface area contributed by atoms with E-state index < -0.39 is 0 Å². The summed E-state index contributed by atoms with van der Waals surface area (Å²) in [5, 5.41) is 6.62. The quantitative estimate of drug-likeness (QED) is 0.660. The molecule has 5 rings (SSSR count). The second-order valence-electron chi connectivity index (χ2n) is 7.49. The molecule has 6 nitrogen and oxygen atoms in total. The molecule has 2 aliphatic rings. The van der Waals surface area contributed by atoms with Crippen molar-refractivity contribution in [2.45, 2.75) is 31.3 Å². The standard InChI is InChI=1S/C21H21FN4O2S/c22-14-3-1-13(2-4-14)16-11-29-20-18(16)19(23-12-24-20)25-15-5-8-26(9-6-15)17-7-10-28-21(17)27/h1-4,11-12,15,17H,5-10H2,(H,23,24,25). The number of esters is 1. The van der Waals surface area contributed by atoms with Crippen molar-refractivity contribution in [3.8, 4) is 11.1 Å². The third-order valence-electron chi connectivity index (χ3n) is 5.74. The van der Waals surface area contributed by atoms with Crippen molar-refractivity contribution in [1.82, 2.24) is 14.9 Å². The van der Waals surface area contributed by atoms with Crippen LogP contribution in [0.3, 0.4) is 0 Å².